The van der Waals surface area contributed by atoms with Gasteiger partial charge < -0.3 is 27.3 Å². The van der Waals surface area contributed by atoms with Gasteiger partial charge in [-0.05, 0) is 41.1 Å². The summed E-state index contributed by atoms with van der Waals surface area (Å²) in [6.45, 7) is 0. The van der Waals surface area contributed by atoms with Crippen LogP contribution in [-0.2, 0) is 37.3 Å². The zero-order valence-electron chi connectivity index (χ0n) is 25.7. The van der Waals surface area contributed by atoms with E-state index in [0.717, 1.165) is 0 Å². The minimum Gasteiger partial charge on any atom is -0.523 e. The van der Waals surface area contributed by atoms with Crippen molar-refractivity contribution in [3.63, 3.8) is 0 Å². The van der Waals surface area contributed by atoms with Gasteiger partial charge >= 0.3 is 17.1 Å². The summed E-state index contributed by atoms with van der Waals surface area (Å²) in [5.41, 5.74) is 3.52. The van der Waals surface area contributed by atoms with Crippen LogP contribution in [0.2, 0.25) is 0 Å². The Hall–Kier alpha value is -5.50. The standard InChI is InChI=1S/C32H16N8O6S2.Cu.2H3N/c41-47(42,43)15-9-11-21-23(13-15)32-38-28-20-8-4-2-6-18(20)26(34-28)36-30-22-12-10-16(48(44,45)46)14-24(22)31(40-30)37-27-19-7-3-1-5-17(19)25(33-27)35-29(21)39-32;;;/h1-14H,(H2-2,33,34,35,36,37,38,39,40,41,42,43,44,45,46);;2*1H3/q-2;+2;;. The molecule has 0 saturated heterocycles. The monoisotopic (exact) mass is 769 g/mol. The van der Waals surface area contributed by atoms with Crippen molar-refractivity contribution in [2.24, 2.45) is 0 Å². The number of fused-ring (bicyclic) bond motifs is 20. The molecule has 2 aromatic heterocycles. The van der Waals surface area contributed by atoms with E-state index in [9.17, 15) is 25.9 Å². The maximum absolute atomic E-state index is 12.1. The van der Waals surface area contributed by atoms with Gasteiger partial charge in [-0.2, -0.15) is 16.8 Å². The third-order valence-corrected chi connectivity index (χ3v) is 9.75. The maximum atomic E-state index is 12.1. The number of rotatable bonds is 2. The van der Waals surface area contributed by atoms with Crippen molar-refractivity contribution in [3.05, 3.63) is 84.9 Å². The zero-order valence-corrected chi connectivity index (χ0v) is 28.3. The fourth-order valence-electron chi connectivity index (χ4n) is 5.84. The SMILES string of the molecule is N.N.O=S(=O)(O)c1ccc2c(c1)-c1nc-2nc2nc(nc3[n-]c([n-]c4nc(n1)-c1ccccc1-4)c1ccc(S(=O)(=O)O)cc31)-c1ccccc1-2.[Cu+2]. The van der Waals surface area contributed by atoms with Crippen LogP contribution in [0.5, 0.6) is 0 Å². The number of hydrogen-bond acceptors (Lipinski definition) is 12. The first kappa shape index (κ1) is 35.3. The Morgan fingerprint density at radius 3 is 1.51 bits per heavy atom. The van der Waals surface area contributed by atoms with Gasteiger partial charge in [0.2, 0.25) is 0 Å². The molecular weight excluding hydrogens is 748 g/mol. The summed E-state index contributed by atoms with van der Waals surface area (Å²) in [6, 6.07) is 22.4. The first-order chi connectivity index (χ1) is 23.0. The van der Waals surface area contributed by atoms with Crippen molar-refractivity contribution in [1.82, 2.24) is 52.2 Å². The molecule has 0 fully saturated rings. The van der Waals surface area contributed by atoms with Crippen molar-refractivity contribution < 1.29 is 43.0 Å². The van der Waals surface area contributed by atoms with E-state index in [2.05, 4.69) is 9.97 Å². The van der Waals surface area contributed by atoms with Crippen molar-refractivity contribution in [1.29, 1.82) is 0 Å². The maximum Gasteiger partial charge on any atom is 2.00 e. The normalized spacial score (nSPS) is 12.0. The second-order valence-electron chi connectivity index (χ2n) is 10.9. The van der Waals surface area contributed by atoms with Crippen LogP contribution in [0, 0.1) is 0 Å². The molecule has 5 heterocycles. The van der Waals surface area contributed by atoms with Crippen LogP contribution >= 0.6 is 0 Å². The molecule has 0 spiro atoms. The summed E-state index contributed by atoms with van der Waals surface area (Å²) >= 11 is 0. The molecule has 16 nitrogen and oxygen atoms in total. The van der Waals surface area contributed by atoms with Crippen LogP contribution in [0.25, 0.3) is 90.4 Å². The molecule has 0 atom stereocenters. The van der Waals surface area contributed by atoms with E-state index in [4.69, 9.17) is 29.9 Å². The fourth-order valence-corrected chi connectivity index (χ4v) is 6.85. The van der Waals surface area contributed by atoms with Gasteiger partial charge in [0, 0.05) is 45.0 Å². The summed E-state index contributed by atoms with van der Waals surface area (Å²) in [5.74, 6) is 1.25. The quantitative estimate of drug-likeness (QED) is 0.135. The second-order valence-corrected chi connectivity index (χ2v) is 13.8. The minimum atomic E-state index is -4.55. The molecular formula is C32H22CuN10O6S2. The third-order valence-electron chi connectivity index (χ3n) is 8.05. The number of benzene rings is 4. The number of hydrogen-bond donors (Lipinski definition) is 4. The predicted octanol–water partition coefficient (Wildman–Crippen LogP) is 4.85. The number of aromatic nitrogens is 8. The van der Waals surface area contributed by atoms with E-state index in [1.807, 2.05) is 0 Å². The van der Waals surface area contributed by atoms with Gasteiger partial charge in [-0.15, -0.1) is 11.3 Å². The van der Waals surface area contributed by atoms with Crippen LogP contribution in [0.4, 0.5) is 0 Å². The van der Waals surface area contributed by atoms with Crippen molar-refractivity contribution in [2.75, 3.05) is 0 Å². The van der Waals surface area contributed by atoms with Gasteiger partial charge in [-0.3, -0.25) is 9.11 Å². The van der Waals surface area contributed by atoms with E-state index in [1.54, 1.807) is 48.5 Å². The molecule has 9 rings (SSSR count). The fraction of sp³-hybridized carbons (Fsp3) is 0. The summed E-state index contributed by atoms with van der Waals surface area (Å²) in [7, 11) is -9.10. The molecule has 0 saturated carbocycles. The molecule has 4 aromatic carbocycles. The molecule has 8 N–H and O–H groups in total. The Bertz CT molecular complexity index is 2880. The molecule has 8 bridgehead atoms. The van der Waals surface area contributed by atoms with Gasteiger partial charge in [-0.1, -0.05) is 54.6 Å². The Morgan fingerprint density at radius 2 is 0.922 bits per heavy atom. The molecule has 3 aliphatic rings. The van der Waals surface area contributed by atoms with Crippen LogP contribution in [0.3, 0.4) is 0 Å². The summed E-state index contributed by atoms with van der Waals surface area (Å²) in [6.07, 6.45) is 0. The van der Waals surface area contributed by atoms with Gasteiger partial charge in [0.25, 0.3) is 20.2 Å². The zero-order chi connectivity index (χ0) is 32.9. The van der Waals surface area contributed by atoms with Gasteiger partial charge in [0.1, 0.15) is 0 Å². The average Bonchev–Trinajstić information content (AvgIpc) is 3.79. The molecule has 0 amide bonds. The van der Waals surface area contributed by atoms with Crippen molar-refractivity contribution in [2.45, 2.75) is 9.79 Å². The first-order valence-corrected chi connectivity index (χ1v) is 17.0. The van der Waals surface area contributed by atoms with E-state index in [1.165, 1.54) is 36.4 Å². The van der Waals surface area contributed by atoms with E-state index >= 15 is 0 Å². The number of nitrogens with zero attached hydrogens (tertiary/aromatic N) is 8. The topological polar surface area (TPSA) is 284 Å². The van der Waals surface area contributed by atoms with Gasteiger partial charge in [0.05, 0.1) is 9.79 Å². The molecule has 0 aliphatic carbocycles. The predicted molar refractivity (Wildman–Crippen MR) is 182 cm³/mol. The van der Waals surface area contributed by atoms with Crippen LogP contribution < -0.4 is 22.3 Å². The molecule has 259 valence electrons. The Morgan fingerprint density at radius 1 is 0.471 bits per heavy atom. The molecule has 3 aliphatic heterocycles. The molecule has 51 heavy (non-hydrogen) atoms. The Balaban J connectivity index is 0.00000149. The van der Waals surface area contributed by atoms with E-state index in [-0.39, 0.29) is 85.4 Å². The largest absolute Gasteiger partial charge is 2.00 e. The Labute approximate surface area is 299 Å². The minimum absolute atomic E-state index is 0. The average molecular weight is 770 g/mol. The first-order valence-electron chi connectivity index (χ1n) is 14.1. The summed E-state index contributed by atoms with van der Waals surface area (Å²) in [5, 5.41) is 0.754. The molecule has 1 radical (unpaired) electrons. The molecule has 19 heteroatoms. The smallest absolute Gasteiger partial charge is 0.523 e. The molecule has 6 aromatic rings. The van der Waals surface area contributed by atoms with Crippen molar-refractivity contribution in [3.8, 4) is 68.3 Å². The van der Waals surface area contributed by atoms with Crippen LogP contribution in [0.1, 0.15) is 0 Å². The van der Waals surface area contributed by atoms with Gasteiger partial charge in [0.15, 0.2) is 23.3 Å². The van der Waals surface area contributed by atoms with Crippen LogP contribution in [0.15, 0.2) is 94.7 Å². The van der Waals surface area contributed by atoms with E-state index in [0.29, 0.717) is 44.2 Å². The summed E-state index contributed by atoms with van der Waals surface area (Å²) in [4.78, 5) is 37.0. The van der Waals surface area contributed by atoms with Crippen LogP contribution in [-0.4, -0.2) is 55.8 Å². The van der Waals surface area contributed by atoms with Gasteiger partial charge in [-0.25, -0.2) is 24.9 Å². The third kappa shape index (κ3) is 5.72. The second kappa shape index (κ2) is 12.4. The van der Waals surface area contributed by atoms with Crippen molar-refractivity contribution >= 4 is 42.3 Å². The summed E-state index contributed by atoms with van der Waals surface area (Å²) < 4.78 is 67.9. The Kier molecular flexibility index (Phi) is 8.57. The molecule has 0 unspecified atom stereocenters. The van der Waals surface area contributed by atoms with E-state index < -0.39 is 20.2 Å².